The molecule has 2 aromatic carbocycles. The monoisotopic (exact) mass is 439 g/mol. The smallest absolute Gasteiger partial charge is 0.387 e. The summed E-state index contributed by atoms with van der Waals surface area (Å²) in [4.78, 5) is 15.8. The molecule has 1 saturated heterocycles. The van der Waals surface area contributed by atoms with Gasteiger partial charge in [-0.1, -0.05) is 36.1 Å². The first-order chi connectivity index (χ1) is 13.4. The second-order valence-corrected chi connectivity index (χ2v) is 8.06. The summed E-state index contributed by atoms with van der Waals surface area (Å²) in [5.74, 6) is -0.159. The minimum absolute atomic E-state index is 0.0731. The highest BCUT2D eigenvalue weighted by atomic mass is 32.2. The number of thiocarbonyl (C=S) groups is 1. The van der Waals surface area contributed by atoms with Crippen LogP contribution < -0.4 is 14.4 Å². The number of thioether (sulfide) groups is 2. The average Bonchev–Trinajstić information content (AvgIpc) is 2.95. The molecule has 0 bridgehead atoms. The van der Waals surface area contributed by atoms with E-state index in [1.165, 1.54) is 35.9 Å². The van der Waals surface area contributed by atoms with Gasteiger partial charge in [0.2, 0.25) is 0 Å². The lowest BCUT2D eigenvalue weighted by atomic mass is 10.2. The van der Waals surface area contributed by atoms with Gasteiger partial charge in [0.15, 0.2) is 15.8 Å². The van der Waals surface area contributed by atoms with Crippen molar-refractivity contribution in [2.45, 2.75) is 11.5 Å². The Hall–Kier alpha value is -2.10. The zero-order chi connectivity index (χ0) is 20.3. The third-order valence-electron chi connectivity index (χ3n) is 3.81. The highest BCUT2D eigenvalue weighted by Gasteiger charge is 2.33. The van der Waals surface area contributed by atoms with Gasteiger partial charge in [-0.15, -0.1) is 11.8 Å². The van der Waals surface area contributed by atoms with E-state index in [1.807, 2.05) is 30.5 Å². The molecular weight excluding hydrogens is 424 g/mol. The molecule has 9 heteroatoms. The van der Waals surface area contributed by atoms with Gasteiger partial charge in [-0.05, 0) is 48.2 Å². The Labute approximate surface area is 174 Å². The standard InChI is InChI=1S/C19H15F2NO3S3/c1-24-15-8-11(6-7-14(15)25-18(20)21)9-16-17(23)22(19(26)28-16)12-4-3-5-13(10-12)27-2/h3-10,18H,1-2H3/b16-9-. The molecule has 0 N–H and O–H groups in total. The Kier molecular flexibility index (Phi) is 6.58. The van der Waals surface area contributed by atoms with Gasteiger partial charge in [0.25, 0.3) is 5.91 Å². The lowest BCUT2D eigenvalue weighted by molar-refractivity contribution is -0.113. The van der Waals surface area contributed by atoms with E-state index in [1.54, 1.807) is 23.9 Å². The van der Waals surface area contributed by atoms with Crippen LogP contribution in [-0.4, -0.2) is 30.2 Å². The van der Waals surface area contributed by atoms with E-state index < -0.39 is 6.61 Å². The van der Waals surface area contributed by atoms with Crippen LogP contribution in [0.2, 0.25) is 0 Å². The maximum atomic E-state index is 12.9. The number of carbonyl (C=O) groups excluding carboxylic acids is 1. The molecule has 28 heavy (non-hydrogen) atoms. The summed E-state index contributed by atoms with van der Waals surface area (Å²) in [6, 6.07) is 12.0. The van der Waals surface area contributed by atoms with Crippen LogP contribution in [0.25, 0.3) is 6.08 Å². The number of anilines is 1. The van der Waals surface area contributed by atoms with E-state index in [2.05, 4.69) is 4.74 Å². The van der Waals surface area contributed by atoms with Crippen LogP contribution in [0.3, 0.4) is 0 Å². The number of benzene rings is 2. The molecule has 0 atom stereocenters. The number of alkyl halides is 2. The van der Waals surface area contributed by atoms with Crippen LogP contribution >= 0.6 is 35.7 Å². The Morgan fingerprint density at radius 1 is 1.21 bits per heavy atom. The molecule has 4 nitrogen and oxygen atoms in total. The van der Waals surface area contributed by atoms with Crippen molar-refractivity contribution in [3.8, 4) is 11.5 Å². The van der Waals surface area contributed by atoms with Crippen LogP contribution in [0.1, 0.15) is 5.56 Å². The summed E-state index contributed by atoms with van der Waals surface area (Å²) in [5.41, 5.74) is 1.31. The first-order valence-corrected chi connectivity index (χ1v) is 10.4. The van der Waals surface area contributed by atoms with Gasteiger partial charge in [-0.25, -0.2) is 0 Å². The van der Waals surface area contributed by atoms with Crippen molar-refractivity contribution in [2.75, 3.05) is 18.3 Å². The summed E-state index contributed by atoms with van der Waals surface area (Å²) in [7, 11) is 1.36. The van der Waals surface area contributed by atoms with Gasteiger partial charge in [0.05, 0.1) is 17.7 Å². The molecule has 1 fully saturated rings. The Balaban J connectivity index is 1.89. The van der Waals surface area contributed by atoms with E-state index >= 15 is 0 Å². The Bertz CT molecular complexity index is 950. The normalized spacial score (nSPS) is 15.6. The van der Waals surface area contributed by atoms with Crippen molar-refractivity contribution >= 4 is 57.7 Å². The first kappa shape index (κ1) is 20.6. The van der Waals surface area contributed by atoms with Crippen LogP contribution in [-0.2, 0) is 4.79 Å². The third kappa shape index (κ3) is 4.48. The van der Waals surface area contributed by atoms with Crippen molar-refractivity contribution in [2.24, 2.45) is 0 Å². The summed E-state index contributed by atoms with van der Waals surface area (Å²) < 4.78 is 34.9. The highest BCUT2D eigenvalue weighted by molar-refractivity contribution is 8.27. The number of hydrogen-bond donors (Lipinski definition) is 0. The molecule has 0 saturated carbocycles. The summed E-state index contributed by atoms with van der Waals surface area (Å²) in [5, 5.41) is 0. The number of amides is 1. The van der Waals surface area contributed by atoms with E-state index in [0.717, 1.165) is 4.90 Å². The lowest BCUT2D eigenvalue weighted by Gasteiger charge is -2.15. The van der Waals surface area contributed by atoms with E-state index in [0.29, 0.717) is 20.5 Å². The number of carbonyl (C=O) groups is 1. The largest absolute Gasteiger partial charge is 0.493 e. The number of methoxy groups -OCH3 is 1. The predicted octanol–water partition coefficient (Wildman–Crippen LogP) is 5.42. The predicted molar refractivity (Wildman–Crippen MR) is 114 cm³/mol. The number of halogens is 2. The van der Waals surface area contributed by atoms with Crippen molar-refractivity contribution in [3.05, 3.63) is 52.9 Å². The van der Waals surface area contributed by atoms with E-state index in [9.17, 15) is 13.6 Å². The molecule has 0 spiro atoms. The fraction of sp³-hybridized carbons (Fsp3) is 0.158. The van der Waals surface area contributed by atoms with Crippen molar-refractivity contribution < 1.29 is 23.0 Å². The van der Waals surface area contributed by atoms with Crippen LogP contribution in [0.4, 0.5) is 14.5 Å². The van der Waals surface area contributed by atoms with Gasteiger partial charge >= 0.3 is 6.61 Å². The topological polar surface area (TPSA) is 38.8 Å². The van der Waals surface area contributed by atoms with Crippen molar-refractivity contribution in [1.82, 2.24) is 0 Å². The fourth-order valence-corrected chi connectivity index (χ4v) is 4.31. The first-order valence-electron chi connectivity index (χ1n) is 7.98. The summed E-state index contributed by atoms with van der Waals surface area (Å²) in [6.07, 6.45) is 3.60. The van der Waals surface area contributed by atoms with Crippen molar-refractivity contribution in [3.63, 3.8) is 0 Å². The number of nitrogens with zero attached hydrogens (tertiary/aromatic N) is 1. The average molecular weight is 440 g/mol. The van der Waals surface area contributed by atoms with E-state index in [-0.39, 0.29) is 17.4 Å². The Morgan fingerprint density at radius 3 is 2.68 bits per heavy atom. The SMILES string of the molecule is COc1cc(/C=C2\SC(=S)N(c3cccc(SC)c3)C2=O)ccc1OC(F)F. The van der Waals surface area contributed by atoms with Gasteiger partial charge in [0.1, 0.15) is 0 Å². The molecule has 146 valence electrons. The lowest BCUT2D eigenvalue weighted by Crippen LogP contribution is -2.27. The summed E-state index contributed by atoms with van der Waals surface area (Å²) >= 11 is 8.14. The van der Waals surface area contributed by atoms with Gasteiger partial charge in [-0.3, -0.25) is 9.69 Å². The van der Waals surface area contributed by atoms with Gasteiger partial charge in [0, 0.05) is 4.90 Å². The molecule has 0 aliphatic carbocycles. The maximum Gasteiger partial charge on any atom is 0.387 e. The molecular formula is C19H15F2NO3S3. The molecule has 3 rings (SSSR count). The van der Waals surface area contributed by atoms with Crippen molar-refractivity contribution in [1.29, 1.82) is 0 Å². The second kappa shape index (κ2) is 8.93. The van der Waals surface area contributed by atoms with Crippen LogP contribution in [0, 0.1) is 0 Å². The molecule has 0 radical (unpaired) electrons. The fourth-order valence-electron chi connectivity index (χ4n) is 2.56. The molecule has 1 aliphatic rings. The van der Waals surface area contributed by atoms with Crippen LogP contribution in [0.5, 0.6) is 11.5 Å². The van der Waals surface area contributed by atoms with Crippen LogP contribution in [0.15, 0.2) is 52.3 Å². The zero-order valence-corrected chi connectivity index (χ0v) is 17.3. The molecule has 0 unspecified atom stereocenters. The number of rotatable bonds is 6. The molecule has 0 aromatic heterocycles. The van der Waals surface area contributed by atoms with E-state index in [4.69, 9.17) is 17.0 Å². The number of ether oxygens (including phenoxy) is 2. The quantitative estimate of drug-likeness (QED) is 0.340. The Morgan fingerprint density at radius 2 is 2.00 bits per heavy atom. The zero-order valence-electron chi connectivity index (χ0n) is 14.8. The maximum absolute atomic E-state index is 12.9. The minimum atomic E-state index is -2.95. The van der Waals surface area contributed by atoms with Gasteiger partial charge in [-0.2, -0.15) is 8.78 Å². The highest BCUT2D eigenvalue weighted by Crippen LogP contribution is 2.38. The molecule has 1 heterocycles. The third-order valence-corrected chi connectivity index (χ3v) is 5.83. The summed E-state index contributed by atoms with van der Waals surface area (Å²) in [6.45, 7) is -2.95. The number of hydrogen-bond acceptors (Lipinski definition) is 6. The molecule has 1 aliphatic heterocycles. The minimum Gasteiger partial charge on any atom is -0.493 e. The molecule has 2 aromatic rings. The second-order valence-electron chi connectivity index (χ2n) is 5.51. The van der Waals surface area contributed by atoms with Gasteiger partial charge < -0.3 is 9.47 Å². The molecule has 1 amide bonds.